The van der Waals surface area contributed by atoms with E-state index in [9.17, 15) is 5.11 Å². The van der Waals surface area contributed by atoms with Crippen molar-refractivity contribution >= 4 is 6.08 Å². The lowest BCUT2D eigenvalue weighted by atomic mass is 10.0. The summed E-state index contributed by atoms with van der Waals surface area (Å²) < 4.78 is 9.93. The van der Waals surface area contributed by atoms with E-state index in [2.05, 4.69) is 0 Å². The molecule has 0 aliphatic heterocycles. The van der Waals surface area contributed by atoms with E-state index in [0.29, 0.717) is 13.0 Å². The highest BCUT2D eigenvalue weighted by molar-refractivity contribution is 5.48. The third-order valence-corrected chi connectivity index (χ3v) is 2.76. The topological polar surface area (TPSA) is 38.7 Å². The lowest BCUT2D eigenvalue weighted by Crippen LogP contribution is -2.18. The maximum atomic E-state index is 9.92. The zero-order valence-corrected chi connectivity index (χ0v) is 11.1. The van der Waals surface area contributed by atoms with Crippen LogP contribution >= 0.6 is 0 Å². The molecule has 0 amide bonds. The molecule has 1 aromatic carbocycles. The minimum atomic E-state index is -0.387. The minimum absolute atomic E-state index is 0.108. The Kier molecular flexibility index (Phi) is 7.34. The molecular formula is C15H22O3. The molecule has 18 heavy (non-hydrogen) atoms. The highest BCUT2D eigenvalue weighted by Crippen LogP contribution is 2.11. The van der Waals surface area contributed by atoms with Crippen LogP contribution in [0.3, 0.4) is 0 Å². The first-order valence-electron chi connectivity index (χ1n) is 6.22. The van der Waals surface area contributed by atoms with Gasteiger partial charge < -0.3 is 14.6 Å². The van der Waals surface area contributed by atoms with Crippen LogP contribution in [0.25, 0.3) is 6.08 Å². The monoisotopic (exact) mass is 250 g/mol. The Morgan fingerprint density at radius 2 is 2.00 bits per heavy atom. The molecule has 0 fully saturated rings. The predicted molar refractivity (Wildman–Crippen MR) is 73.1 cm³/mol. The third kappa shape index (κ3) is 5.96. The summed E-state index contributed by atoms with van der Waals surface area (Å²) in [5, 5.41) is 9.92. The smallest absolute Gasteiger partial charge is 0.146 e. The Labute approximate surface area is 109 Å². The highest BCUT2D eigenvalue weighted by atomic mass is 16.7. The molecule has 100 valence electrons. The SMILES string of the molecule is COCOCC[C@H](O)[C@H](C)/C=C/c1ccccc1. The van der Waals surface area contributed by atoms with Gasteiger partial charge in [0.1, 0.15) is 6.79 Å². The number of rotatable bonds is 8. The molecule has 0 saturated heterocycles. The van der Waals surface area contributed by atoms with Crippen molar-refractivity contribution in [2.24, 2.45) is 5.92 Å². The molecule has 3 heteroatoms. The molecule has 0 unspecified atom stereocenters. The van der Waals surface area contributed by atoms with Gasteiger partial charge in [-0.3, -0.25) is 0 Å². The Hall–Kier alpha value is -1.16. The van der Waals surface area contributed by atoms with Gasteiger partial charge in [0, 0.05) is 13.0 Å². The van der Waals surface area contributed by atoms with Crippen molar-refractivity contribution in [2.75, 3.05) is 20.5 Å². The minimum Gasteiger partial charge on any atom is -0.392 e. The zero-order chi connectivity index (χ0) is 13.2. The van der Waals surface area contributed by atoms with E-state index in [-0.39, 0.29) is 18.8 Å². The number of hydrogen-bond acceptors (Lipinski definition) is 3. The van der Waals surface area contributed by atoms with Gasteiger partial charge in [0.05, 0.1) is 12.7 Å². The van der Waals surface area contributed by atoms with Gasteiger partial charge in [-0.05, 0) is 12.0 Å². The molecule has 2 atom stereocenters. The average Bonchev–Trinajstić information content (AvgIpc) is 2.42. The van der Waals surface area contributed by atoms with Crippen molar-refractivity contribution in [3.05, 3.63) is 42.0 Å². The van der Waals surface area contributed by atoms with Gasteiger partial charge in [-0.1, -0.05) is 49.4 Å². The van der Waals surface area contributed by atoms with E-state index < -0.39 is 0 Å². The molecule has 0 radical (unpaired) electrons. The van der Waals surface area contributed by atoms with Crippen molar-refractivity contribution in [1.82, 2.24) is 0 Å². The van der Waals surface area contributed by atoms with Crippen molar-refractivity contribution in [3.63, 3.8) is 0 Å². The standard InChI is InChI=1S/C15H22O3/c1-13(15(16)10-11-18-12-17-2)8-9-14-6-4-3-5-7-14/h3-9,13,15-16H,10-12H2,1-2H3/b9-8+/t13-,15+/m1/s1. The average molecular weight is 250 g/mol. The van der Waals surface area contributed by atoms with Crippen molar-refractivity contribution in [2.45, 2.75) is 19.4 Å². The molecule has 1 aromatic rings. The third-order valence-electron chi connectivity index (χ3n) is 2.76. The number of aliphatic hydroxyl groups is 1. The molecule has 0 aliphatic rings. The Bertz CT molecular complexity index is 335. The Morgan fingerprint density at radius 3 is 2.67 bits per heavy atom. The second-order valence-electron chi connectivity index (χ2n) is 4.30. The van der Waals surface area contributed by atoms with Gasteiger partial charge in [0.2, 0.25) is 0 Å². The van der Waals surface area contributed by atoms with E-state index in [4.69, 9.17) is 9.47 Å². The first kappa shape index (κ1) is 14.9. The first-order valence-corrected chi connectivity index (χ1v) is 6.22. The molecule has 0 aliphatic carbocycles. The molecule has 0 heterocycles. The Morgan fingerprint density at radius 1 is 1.28 bits per heavy atom. The van der Waals surface area contributed by atoms with Gasteiger partial charge in [-0.25, -0.2) is 0 Å². The second-order valence-corrected chi connectivity index (χ2v) is 4.30. The quantitative estimate of drug-likeness (QED) is 0.569. The van der Waals surface area contributed by atoms with Gasteiger partial charge in [-0.15, -0.1) is 0 Å². The van der Waals surface area contributed by atoms with Crippen molar-refractivity contribution in [3.8, 4) is 0 Å². The zero-order valence-electron chi connectivity index (χ0n) is 11.1. The largest absolute Gasteiger partial charge is 0.392 e. The summed E-state index contributed by atoms with van der Waals surface area (Å²) in [6.45, 7) is 2.79. The van der Waals surface area contributed by atoms with Crippen LogP contribution in [0.5, 0.6) is 0 Å². The van der Waals surface area contributed by atoms with E-state index in [1.165, 1.54) is 0 Å². The molecule has 0 spiro atoms. The molecule has 0 bridgehead atoms. The molecule has 3 nitrogen and oxygen atoms in total. The normalized spacial score (nSPS) is 14.8. The van der Waals surface area contributed by atoms with Crippen LogP contribution in [0.2, 0.25) is 0 Å². The summed E-state index contributed by atoms with van der Waals surface area (Å²) in [6, 6.07) is 10.1. The summed E-state index contributed by atoms with van der Waals surface area (Å²) in [6.07, 6.45) is 4.28. The van der Waals surface area contributed by atoms with Crippen LogP contribution in [0, 0.1) is 5.92 Å². The fraction of sp³-hybridized carbons (Fsp3) is 0.467. The number of ether oxygens (including phenoxy) is 2. The van der Waals surface area contributed by atoms with E-state index >= 15 is 0 Å². The molecule has 0 aromatic heterocycles. The van der Waals surface area contributed by atoms with Crippen LogP contribution in [0.1, 0.15) is 18.9 Å². The summed E-state index contributed by atoms with van der Waals surface area (Å²) in [7, 11) is 1.58. The predicted octanol–water partition coefficient (Wildman–Crippen LogP) is 2.71. The van der Waals surface area contributed by atoms with E-state index in [1.54, 1.807) is 7.11 Å². The summed E-state index contributed by atoms with van der Waals surface area (Å²) in [5.41, 5.74) is 1.15. The van der Waals surface area contributed by atoms with Crippen LogP contribution in [0.15, 0.2) is 36.4 Å². The van der Waals surface area contributed by atoms with Crippen LogP contribution in [-0.4, -0.2) is 31.7 Å². The highest BCUT2D eigenvalue weighted by Gasteiger charge is 2.10. The van der Waals surface area contributed by atoms with E-state index in [0.717, 1.165) is 5.56 Å². The lowest BCUT2D eigenvalue weighted by molar-refractivity contribution is -0.0420. The van der Waals surface area contributed by atoms with Crippen molar-refractivity contribution in [1.29, 1.82) is 0 Å². The summed E-state index contributed by atoms with van der Waals surface area (Å²) >= 11 is 0. The maximum Gasteiger partial charge on any atom is 0.146 e. The number of aliphatic hydroxyl groups excluding tert-OH is 1. The van der Waals surface area contributed by atoms with Gasteiger partial charge in [-0.2, -0.15) is 0 Å². The van der Waals surface area contributed by atoms with Gasteiger partial charge in [0.15, 0.2) is 0 Å². The van der Waals surface area contributed by atoms with Crippen LogP contribution < -0.4 is 0 Å². The van der Waals surface area contributed by atoms with Crippen molar-refractivity contribution < 1.29 is 14.6 Å². The first-order chi connectivity index (χ1) is 8.74. The molecule has 0 saturated carbocycles. The fourth-order valence-corrected chi connectivity index (χ4v) is 1.56. The van der Waals surface area contributed by atoms with Crippen LogP contribution in [0.4, 0.5) is 0 Å². The summed E-state index contributed by atoms with van der Waals surface area (Å²) in [4.78, 5) is 0. The number of benzene rings is 1. The number of methoxy groups -OCH3 is 1. The fourth-order valence-electron chi connectivity index (χ4n) is 1.56. The Balaban J connectivity index is 2.31. The van der Waals surface area contributed by atoms with Crippen LogP contribution in [-0.2, 0) is 9.47 Å². The van der Waals surface area contributed by atoms with Gasteiger partial charge in [0.25, 0.3) is 0 Å². The number of hydrogen-bond donors (Lipinski definition) is 1. The molecule has 1 N–H and O–H groups in total. The second kappa shape index (κ2) is 8.86. The van der Waals surface area contributed by atoms with E-state index in [1.807, 2.05) is 49.4 Å². The molecular weight excluding hydrogens is 228 g/mol. The van der Waals surface area contributed by atoms with Gasteiger partial charge >= 0.3 is 0 Å². The maximum absolute atomic E-state index is 9.92. The summed E-state index contributed by atoms with van der Waals surface area (Å²) in [5.74, 6) is 0.108. The molecule has 1 rings (SSSR count). The lowest BCUT2D eigenvalue weighted by Gasteiger charge is -2.15.